The summed E-state index contributed by atoms with van der Waals surface area (Å²) in [5.74, 6) is -0.610. The first-order valence-corrected chi connectivity index (χ1v) is 8.75. The number of aromatic amines is 1. The van der Waals surface area contributed by atoms with Gasteiger partial charge in [-0.15, -0.1) is 0 Å². The molecular weight excluding hydrogens is 349 g/mol. The highest BCUT2D eigenvalue weighted by atomic mass is 19.1. The highest BCUT2D eigenvalue weighted by Gasteiger charge is 2.28. The number of amides is 1. The molecule has 0 bridgehead atoms. The number of aromatic nitrogens is 2. The van der Waals surface area contributed by atoms with E-state index in [9.17, 15) is 14.0 Å². The van der Waals surface area contributed by atoms with Crippen molar-refractivity contribution in [2.45, 2.75) is 12.3 Å². The molecule has 1 atom stereocenters. The topological polar surface area (TPSA) is 75.3 Å². The Bertz CT molecular complexity index is 1050. The summed E-state index contributed by atoms with van der Waals surface area (Å²) in [5.41, 5.74) is 1.24. The number of para-hydroxylation sites is 1. The predicted molar refractivity (Wildman–Crippen MR) is 98.2 cm³/mol. The lowest BCUT2D eigenvalue weighted by molar-refractivity contribution is -0.132. The molecule has 1 saturated heterocycles. The SMILES string of the molecule is O=C(COc1ccccc1F)N1CC[C@H](c2cc3ncccc3c(=O)[nH]2)C1. The van der Waals surface area contributed by atoms with Crippen LogP contribution in [0.25, 0.3) is 10.9 Å². The predicted octanol–water partition coefficient (Wildman–Crippen LogP) is 2.46. The molecule has 0 aliphatic carbocycles. The molecule has 4 rings (SSSR count). The largest absolute Gasteiger partial charge is 0.481 e. The van der Waals surface area contributed by atoms with Gasteiger partial charge in [0.25, 0.3) is 11.5 Å². The fourth-order valence-corrected chi connectivity index (χ4v) is 3.36. The smallest absolute Gasteiger partial charge is 0.260 e. The normalized spacial score (nSPS) is 16.6. The van der Waals surface area contributed by atoms with Crippen molar-refractivity contribution in [2.24, 2.45) is 0 Å². The fourth-order valence-electron chi connectivity index (χ4n) is 3.36. The van der Waals surface area contributed by atoms with Gasteiger partial charge < -0.3 is 14.6 Å². The average Bonchev–Trinajstić information content (AvgIpc) is 3.17. The van der Waals surface area contributed by atoms with E-state index in [1.807, 2.05) is 6.07 Å². The fraction of sp³-hybridized carbons (Fsp3) is 0.250. The van der Waals surface area contributed by atoms with E-state index in [0.717, 1.165) is 12.1 Å². The van der Waals surface area contributed by atoms with Crippen LogP contribution in [-0.4, -0.2) is 40.5 Å². The third kappa shape index (κ3) is 3.53. The maximum absolute atomic E-state index is 13.6. The minimum absolute atomic E-state index is 0.0292. The van der Waals surface area contributed by atoms with E-state index in [2.05, 4.69) is 9.97 Å². The number of halogens is 1. The lowest BCUT2D eigenvalue weighted by Gasteiger charge is -2.17. The van der Waals surface area contributed by atoms with Gasteiger partial charge in [0.05, 0.1) is 10.9 Å². The molecule has 1 N–H and O–H groups in total. The molecule has 1 fully saturated rings. The standard InChI is InChI=1S/C20H18FN3O3/c21-15-5-1-2-6-18(15)27-12-19(25)24-9-7-13(11-24)16-10-17-14(20(26)23-16)4-3-8-22-17/h1-6,8,10,13H,7,9,11-12H2,(H,23,26)/t13-/m0/s1. The number of hydrogen-bond acceptors (Lipinski definition) is 4. The molecule has 0 radical (unpaired) electrons. The Balaban J connectivity index is 1.43. The molecule has 6 nitrogen and oxygen atoms in total. The third-order valence-electron chi connectivity index (χ3n) is 4.80. The van der Waals surface area contributed by atoms with Crippen LogP contribution in [0.5, 0.6) is 5.75 Å². The first-order valence-electron chi connectivity index (χ1n) is 8.75. The van der Waals surface area contributed by atoms with E-state index in [0.29, 0.717) is 24.0 Å². The Hall–Kier alpha value is -3.22. The quantitative estimate of drug-likeness (QED) is 0.769. The Morgan fingerprint density at radius 1 is 1.30 bits per heavy atom. The number of carbonyl (C=O) groups excluding carboxylic acids is 1. The minimum Gasteiger partial charge on any atom is -0.481 e. The molecule has 27 heavy (non-hydrogen) atoms. The molecule has 1 aromatic carbocycles. The molecule has 3 heterocycles. The van der Waals surface area contributed by atoms with Crippen LogP contribution >= 0.6 is 0 Å². The van der Waals surface area contributed by atoms with Crippen molar-refractivity contribution in [3.8, 4) is 5.75 Å². The number of likely N-dealkylation sites (tertiary alicyclic amines) is 1. The summed E-state index contributed by atoms with van der Waals surface area (Å²) in [6.07, 6.45) is 2.38. The van der Waals surface area contributed by atoms with E-state index in [-0.39, 0.29) is 29.7 Å². The van der Waals surface area contributed by atoms with E-state index in [1.165, 1.54) is 12.1 Å². The van der Waals surface area contributed by atoms with E-state index >= 15 is 0 Å². The first-order chi connectivity index (χ1) is 13.1. The van der Waals surface area contributed by atoms with Gasteiger partial charge in [0.2, 0.25) is 0 Å². The number of hydrogen-bond donors (Lipinski definition) is 1. The van der Waals surface area contributed by atoms with Crippen LogP contribution in [0.15, 0.2) is 53.5 Å². The molecule has 2 aromatic heterocycles. The highest BCUT2D eigenvalue weighted by Crippen LogP contribution is 2.26. The first kappa shape index (κ1) is 17.2. The van der Waals surface area contributed by atoms with Crippen molar-refractivity contribution in [1.82, 2.24) is 14.9 Å². The number of H-pyrrole nitrogens is 1. The van der Waals surface area contributed by atoms with Gasteiger partial charge in [0.1, 0.15) is 0 Å². The zero-order valence-corrected chi connectivity index (χ0v) is 14.5. The van der Waals surface area contributed by atoms with Crippen LogP contribution in [0.1, 0.15) is 18.0 Å². The van der Waals surface area contributed by atoms with Gasteiger partial charge in [0, 0.05) is 30.9 Å². The number of pyridine rings is 2. The van der Waals surface area contributed by atoms with Crippen molar-refractivity contribution in [3.63, 3.8) is 0 Å². The van der Waals surface area contributed by atoms with Crippen LogP contribution in [0.2, 0.25) is 0 Å². The number of benzene rings is 1. The summed E-state index contributed by atoms with van der Waals surface area (Å²) >= 11 is 0. The van der Waals surface area contributed by atoms with Crippen molar-refractivity contribution in [3.05, 3.63) is 70.5 Å². The summed E-state index contributed by atoms with van der Waals surface area (Å²) in [6.45, 7) is 0.823. The summed E-state index contributed by atoms with van der Waals surface area (Å²) in [7, 11) is 0. The summed E-state index contributed by atoms with van der Waals surface area (Å²) in [6, 6.07) is 11.3. The summed E-state index contributed by atoms with van der Waals surface area (Å²) in [5, 5.41) is 0.547. The molecule has 0 spiro atoms. The number of nitrogens with zero attached hydrogens (tertiary/aromatic N) is 2. The molecular formula is C20H18FN3O3. The van der Waals surface area contributed by atoms with Gasteiger partial charge in [-0.05, 0) is 36.8 Å². The number of ether oxygens (including phenoxy) is 1. The molecule has 0 saturated carbocycles. The summed E-state index contributed by atoms with van der Waals surface area (Å²) in [4.78, 5) is 33.4. The minimum atomic E-state index is -0.495. The van der Waals surface area contributed by atoms with E-state index in [4.69, 9.17) is 4.74 Å². The van der Waals surface area contributed by atoms with Crippen LogP contribution in [0.4, 0.5) is 4.39 Å². The maximum atomic E-state index is 13.6. The molecule has 7 heteroatoms. The lowest BCUT2D eigenvalue weighted by atomic mass is 10.0. The Kier molecular flexibility index (Phi) is 4.58. The third-order valence-corrected chi connectivity index (χ3v) is 4.80. The number of rotatable bonds is 4. The van der Waals surface area contributed by atoms with Crippen molar-refractivity contribution in [2.75, 3.05) is 19.7 Å². The van der Waals surface area contributed by atoms with Gasteiger partial charge in [-0.3, -0.25) is 14.6 Å². The zero-order valence-electron chi connectivity index (χ0n) is 14.5. The van der Waals surface area contributed by atoms with Crippen LogP contribution in [0, 0.1) is 5.82 Å². The van der Waals surface area contributed by atoms with Crippen molar-refractivity contribution < 1.29 is 13.9 Å². The van der Waals surface area contributed by atoms with Crippen LogP contribution in [-0.2, 0) is 4.79 Å². The number of nitrogens with one attached hydrogen (secondary N) is 1. The molecule has 0 unspecified atom stereocenters. The van der Waals surface area contributed by atoms with E-state index < -0.39 is 5.82 Å². The lowest BCUT2D eigenvalue weighted by Crippen LogP contribution is -2.33. The van der Waals surface area contributed by atoms with Crippen LogP contribution in [0.3, 0.4) is 0 Å². The zero-order chi connectivity index (χ0) is 18.8. The molecule has 1 aliphatic rings. The van der Waals surface area contributed by atoms with Gasteiger partial charge in [-0.1, -0.05) is 12.1 Å². The van der Waals surface area contributed by atoms with E-state index in [1.54, 1.807) is 35.4 Å². The molecule has 1 amide bonds. The van der Waals surface area contributed by atoms with Crippen molar-refractivity contribution >= 4 is 16.8 Å². The van der Waals surface area contributed by atoms with Gasteiger partial charge in [-0.25, -0.2) is 4.39 Å². The Labute approximate surface area is 154 Å². The molecule has 1 aliphatic heterocycles. The Morgan fingerprint density at radius 2 is 2.15 bits per heavy atom. The molecule has 3 aromatic rings. The second-order valence-corrected chi connectivity index (χ2v) is 6.53. The van der Waals surface area contributed by atoms with Gasteiger partial charge in [-0.2, -0.15) is 0 Å². The van der Waals surface area contributed by atoms with Crippen LogP contribution < -0.4 is 10.3 Å². The van der Waals surface area contributed by atoms with Crippen molar-refractivity contribution in [1.29, 1.82) is 0 Å². The van der Waals surface area contributed by atoms with Gasteiger partial charge >= 0.3 is 0 Å². The number of fused-ring (bicyclic) bond motifs is 1. The Morgan fingerprint density at radius 3 is 3.00 bits per heavy atom. The summed E-state index contributed by atoms with van der Waals surface area (Å²) < 4.78 is 18.9. The number of carbonyl (C=O) groups is 1. The maximum Gasteiger partial charge on any atom is 0.260 e. The second kappa shape index (κ2) is 7.19. The second-order valence-electron chi connectivity index (χ2n) is 6.53. The highest BCUT2D eigenvalue weighted by molar-refractivity contribution is 5.79. The average molecular weight is 367 g/mol. The van der Waals surface area contributed by atoms with Gasteiger partial charge in [0.15, 0.2) is 18.2 Å². The molecule has 138 valence electrons. The monoisotopic (exact) mass is 367 g/mol.